The second-order valence-electron chi connectivity index (χ2n) is 3.77. The van der Waals surface area contributed by atoms with Gasteiger partial charge in [-0.25, -0.2) is 13.1 Å². The van der Waals surface area contributed by atoms with Gasteiger partial charge in [-0.1, -0.05) is 6.42 Å². The Hall–Kier alpha value is -1.18. The number of rotatable bonds is 4. The number of sulfonamides is 1. The third kappa shape index (κ3) is 2.16. The number of aromatic nitrogens is 1. The fourth-order valence-electron chi connectivity index (χ4n) is 1.52. The topological polar surface area (TPSA) is 97.1 Å². The number of hydrogen-bond donors (Lipinski definition) is 3. The highest BCUT2D eigenvalue weighted by atomic mass is 32.2. The van der Waals surface area contributed by atoms with Crippen LogP contribution >= 0.6 is 0 Å². The zero-order chi connectivity index (χ0) is 11.6. The first-order valence-electron chi connectivity index (χ1n) is 5.06. The zero-order valence-electron chi connectivity index (χ0n) is 8.68. The monoisotopic (exact) mass is 242 g/mol. The summed E-state index contributed by atoms with van der Waals surface area (Å²) in [4.78, 5) is 3.88. The first-order chi connectivity index (χ1) is 7.63. The molecule has 0 aromatic carbocycles. The van der Waals surface area contributed by atoms with Crippen LogP contribution in [-0.2, 0) is 10.0 Å². The molecule has 0 aliphatic heterocycles. The molecule has 1 aliphatic rings. The van der Waals surface area contributed by atoms with E-state index < -0.39 is 10.0 Å². The van der Waals surface area contributed by atoms with Gasteiger partial charge in [0.1, 0.15) is 4.90 Å². The van der Waals surface area contributed by atoms with E-state index in [1.807, 2.05) is 0 Å². The van der Waals surface area contributed by atoms with E-state index in [1.165, 1.54) is 18.5 Å². The second kappa shape index (κ2) is 4.36. The number of nitrogens with two attached hydrogens (primary N) is 1. The average Bonchev–Trinajstić information content (AvgIpc) is 2.24. The molecule has 0 bridgehead atoms. The summed E-state index contributed by atoms with van der Waals surface area (Å²) in [5.74, 6) is 5.25. The molecule has 2 rings (SSSR count). The lowest BCUT2D eigenvalue weighted by Crippen LogP contribution is -2.39. The Kier molecular flexibility index (Phi) is 3.08. The van der Waals surface area contributed by atoms with E-state index in [1.54, 1.807) is 0 Å². The molecule has 0 amide bonds. The fourth-order valence-corrected chi connectivity index (χ4v) is 2.94. The third-order valence-corrected chi connectivity index (χ3v) is 4.20. The second-order valence-corrected chi connectivity index (χ2v) is 5.45. The first-order valence-corrected chi connectivity index (χ1v) is 6.55. The van der Waals surface area contributed by atoms with Crippen molar-refractivity contribution >= 4 is 15.7 Å². The highest BCUT2D eigenvalue weighted by Gasteiger charge is 2.26. The van der Waals surface area contributed by atoms with Crippen LogP contribution in [-0.4, -0.2) is 19.4 Å². The standard InChI is InChI=1S/C9H14N4O2S/c10-12-8-4-5-11-6-9(8)16(14,15)13-7-2-1-3-7/h4-7,13H,1-3,10H2,(H,11,12). The molecule has 0 saturated heterocycles. The highest BCUT2D eigenvalue weighted by molar-refractivity contribution is 7.89. The SMILES string of the molecule is NNc1ccncc1S(=O)(=O)NC1CCC1. The van der Waals surface area contributed by atoms with Crippen molar-refractivity contribution in [3.05, 3.63) is 18.5 Å². The minimum atomic E-state index is -3.52. The van der Waals surface area contributed by atoms with E-state index in [2.05, 4.69) is 15.1 Å². The van der Waals surface area contributed by atoms with Gasteiger partial charge in [0.25, 0.3) is 0 Å². The molecule has 1 aromatic heterocycles. The normalized spacial score (nSPS) is 16.8. The molecule has 6 nitrogen and oxygen atoms in total. The summed E-state index contributed by atoms with van der Waals surface area (Å²) in [6.07, 6.45) is 5.63. The molecule has 0 spiro atoms. The van der Waals surface area contributed by atoms with Crippen molar-refractivity contribution in [2.75, 3.05) is 5.43 Å². The van der Waals surface area contributed by atoms with E-state index in [9.17, 15) is 8.42 Å². The molecule has 1 aliphatic carbocycles. The molecule has 1 heterocycles. The average molecular weight is 242 g/mol. The molecule has 16 heavy (non-hydrogen) atoms. The Morgan fingerprint density at radius 3 is 2.75 bits per heavy atom. The maximum atomic E-state index is 12.0. The van der Waals surface area contributed by atoms with Crippen molar-refractivity contribution < 1.29 is 8.42 Å². The van der Waals surface area contributed by atoms with Gasteiger partial charge in [-0.3, -0.25) is 10.8 Å². The van der Waals surface area contributed by atoms with E-state index >= 15 is 0 Å². The summed E-state index contributed by atoms with van der Waals surface area (Å²) < 4.78 is 26.6. The van der Waals surface area contributed by atoms with Gasteiger partial charge in [-0.05, 0) is 18.9 Å². The van der Waals surface area contributed by atoms with Crippen LogP contribution in [0, 0.1) is 0 Å². The van der Waals surface area contributed by atoms with Gasteiger partial charge in [-0.2, -0.15) is 0 Å². The number of hydrazine groups is 1. The largest absolute Gasteiger partial charge is 0.323 e. The molecule has 0 unspecified atom stereocenters. The van der Waals surface area contributed by atoms with Crippen molar-refractivity contribution in [2.45, 2.75) is 30.2 Å². The Morgan fingerprint density at radius 2 is 2.19 bits per heavy atom. The van der Waals surface area contributed by atoms with Crippen LogP contribution in [0.1, 0.15) is 19.3 Å². The van der Waals surface area contributed by atoms with Crippen molar-refractivity contribution in [2.24, 2.45) is 5.84 Å². The van der Waals surface area contributed by atoms with Crippen LogP contribution < -0.4 is 16.0 Å². The molecule has 0 atom stereocenters. The van der Waals surface area contributed by atoms with Crippen LogP contribution in [0.25, 0.3) is 0 Å². The fraction of sp³-hybridized carbons (Fsp3) is 0.444. The Balaban J connectivity index is 2.27. The minimum Gasteiger partial charge on any atom is -0.323 e. The zero-order valence-corrected chi connectivity index (χ0v) is 9.50. The lowest BCUT2D eigenvalue weighted by Gasteiger charge is -2.26. The molecule has 1 aromatic rings. The summed E-state index contributed by atoms with van der Waals surface area (Å²) in [6.45, 7) is 0. The summed E-state index contributed by atoms with van der Waals surface area (Å²) in [6, 6.07) is 1.57. The van der Waals surface area contributed by atoms with E-state index in [0.717, 1.165) is 19.3 Å². The predicted octanol–water partition coefficient (Wildman–Crippen LogP) is 0.198. The molecular formula is C9H14N4O2S. The van der Waals surface area contributed by atoms with E-state index in [-0.39, 0.29) is 10.9 Å². The third-order valence-electron chi connectivity index (χ3n) is 2.66. The number of nitrogen functional groups attached to an aromatic ring is 1. The van der Waals surface area contributed by atoms with E-state index in [4.69, 9.17) is 5.84 Å². The summed E-state index contributed by atoms with van der Waals surface area (Å²) in [5, 5.41) is 0. The molecule has 7 heteroatoms. The highest BCUT2D eigenvalue weighted by Crippen LogP contribution is 2.23. The van der Waals surface area contributed by atoms with Crippen molar-refractivity contribution in [3.63, 3.8) is 0 Å². The molecular weight excluding hydrogens is 228 g/mol. The predicted molar refractivity (Wildman–Crippen MR) is 60.0 cm³/mol. The Bertz CT molecular complexity index is 470. The van der Waals surface area contributed by atoms with Crippen molar-refractivity contribution in [1.82, 2.24) is 9.71 Å². The van der Waals surface area contributed by atoms with Crippen LogP contribution in [0.2, 0.25) is 0 Å². The van der Waals surface area contributed by atoms with Gasteiger partial charge < -0.3 is 5.43 Å². The Morgan fingerprint density at radius 1 is 1.44 bits per heavy atom. The van der Waals surface area contributed by atoms with Gasteiger partial charge in [0.2, 0.25) is 10.0 Å². The lowest BCUT2D eigenvalue weighted by molar-refractivity contribution is 0.383. The van der Waals surface area contributed by atoms with Gasteiger partial charge in [0.05, 0.1) is 5.69 Å². The van der Waals surface area contributed by atoms with Gasteiger partial charge in [-0.15, -0.1) is 0 Å². The van der Waals surface area contributed by atoms with Crippen molar-refractivity contribution in [1.29, 1.82) is 0 Å². The van der Waals surface area contributed by atoms with Crippen LogP contribution in [0.15, 0.2) is 23.4 Å². The smallest absolute Gasteiger partial charge is 0.244 e. The number of anilines is 1. The number of nitrogens with zero attached hydrogens (tertiary/aromatic N) is 1. The quantitative estimate of drug-likeness (QED) is 0.517. The molecule has 88 valence electrons. The van der Waals surface area contributed by atoms with Gasteiger partial charge in [0, 0.05) is 18.4 Å². The molecule has 1 saturated carbocycles. The van der Waals surface area contributed by atoms with Crippen LogP contribution in [0.4, 0.5) is 5.69 Å². The van der Waals surface area contributed by atoms with Crippen LogP contribution in [0.5, 0.6) is 0 Å². The van der Waals surface area contributed by atoms with E-state index in [0.29, 0.717) is 5.69 Å². The maximum Gasteiger partial charge on any atom is 0.244 e. The van der Waals surface area contributed by atoms with Gasteiger partial charge in [0.15, 0.2) is 0 Å². The number of pyridine rings is 1. The summed E-state index contributed by atoms with van der Waals surface area (Å²) in [7, 11) is -3.52. The molecule has 4 N–H and O–H groups in total. The maximum absolute atomic E-state index is 12.0. The molecule has 1 fully saturated rings. The first kappa shape index (κ1) is 11.3. The van der Waals surface area contributed by atoms with Crippen molar-refractivity contribution in [3.8, 4) is 0 Å². The number of nitrogens with one attached hydrogen (secondary N) is 2. The minimum absolute atomic E-state index is 0.0517. The van der Waals surface area contributed by atoms with Gasteiger partial charge >= 0.3 is 0 Å². The summed E-state index contributed by atoms with van der Waals surface area (Å²) in [5.41, 5.74) is 2.70. The summed E-state index contributed by atoms with van der Waals surface area (Å²) >= 11 is 0. The molecule has 0 radical (unpaired) electrons. The Labute approximate surface area is 94.3 Å². The number of hydrogen-bond acceptors (Lipinski definition) is 5. The lowest BCUT2D eigenvalue weighted by atomic mass is 9.94. The van der Waals surface area contributed by atoms with Crippen LogP contribution in [0.3, 0.4) is 0 Å².